The molecule has 0 unspecified atom stereocenters. The molecule has 2 aliphatic heterocycles. The molecule has 0 bridgehead atoms. The van der Waals surface area contributed by atoms with Crippen LogP contribution in [0.15, 0.2) is 42.7 Å². The van der Waals surface area contributed by atoms with Crippen molar-refractivity contribution in [1.29, 1.82) is 0 Å². The van der Waals surface area contributed by atoms with Gasteiger partial charge in [0.15, 0.2) is 0 Å². The van der Waals surface area contributed by atoms with E-state index in [0.29, 0.717) is 12.5 Å². The molecule has 2 aliphatic rings. The van der Waals surface area contributed by atoms with Gasteiger partial charge in [-0.25, -0.2) is 14.8 Å². The van der Waals surface area contributed by atoms with E-state index in [9.17, 15) is 4.79 Å². The van der Waals surface area contributed by atoms with Crippen LogP contribution in [0.4, 0.5) is 10.7 Å². The van der Waals surface area contributed by atoms with Crippen molar-refractivity contribution in [2.24, 2.45) is 5.73 Å². The second kappa shape index (κ2) is 8.56. The highest BCUT2D eigenvalue weighted by Crippen LogP contribution is 2.29. The van der Waals surface area contributed by atoms with Crippen molar-refractivity contribution in [3.05, 3.63) is 53.9 Å². The van der Waals surface area contributed by atoms with Gasteiger partial charge in [-0.05, 0) is 36.0 Å². The topological polar surface area (TPSA) is 78.6 Å². The zero-order valence-corrected chi connectivity index (χ0v) is 16.2. The molecule has 2 N–H and O–H groups in total. The second-order valence-electron chi connectivity index (χ2n) is 7.52. The van der Waals surface area contributed by atoms with Gasteiger partial charge in [-0.1, -0.05) is 24.3 Å². The van der Waals surface area contributed by atoms with Crippen molar-refractivity contribution < 1.29 is 4.79 Å². The maximum Gasteiger partial charge on any atom is 0.320 e. The predicted octanol–water partition coefficient (Wildman–Crippen LogP) is 2.06. The Hall–Kier alpha value is -2.67. The zero-order valence-electron chi connectivity index (χ0n) is 16.2. The van der Waals surface area contributed by atoms with Crippen LogP contribution >= 0.6 is 0 Å². The van der Waals surface area contributed by atoms with Gasteiger partial charge in [0.25, 0.3) is 0 Å². The number of hydrogen-bond donors (Lipinski definition) is 1. The summed E-state index contributed by atoms with van der Waals surface area (Å²) in [6, 6.07) is 10.5. The molecular formula is C21H28N6O. The molecule has 148 valence electrons. The molecule has 2 amide bonds. The first-order chi connectivity index (χ1) is 13.7. The van der Waals surface area contributed by atoms with Crippen molar-refractivity contribution in [3.63, 3.8) is 0 Å². The minimum absolute atomic E-state index is 0.169. The number of amides is 2. The van der Waals surface area contributed by atoms with Crippen LogP contribution in [-0.2, 0) is 6.54 Å². The zero-order chi connectivity index (χ0) is 19.3. The van der Waals surface area contributed by atoms with Gasteiger partial charge in [0.2, 0.25) is 5.95 Å². The maximum atomic E-state index is 12.9. The number of hydrogen-bond acceptors (Lipinski definition) is 5. The van der Waals surface area contributed by atoms with Crippen molar-refractivity contribution in [2.75, 3.05) is 44.2 Å². The van der Waals surface area contributed by atoms with E-state index in [1.54, 1.807) is 12.4 Å². The molecule has 1 aromatic carbocycles. The highest BCUT2D eigenvalue weighted by Gasteiger charge is 2.29. The van der Waals surface area contributed by atoms with Crippen LogP contribution in [0.25, 0.3) is 0 Å². The fraction of sp³-hybridized carbons (Fsp3) is 0.476. The number of rotatable bonds is 3. The van der Waals surface area contributed by atoms with Crippen molar-refractivity contribution in [3.8, 4) is 0 Å². The van der Waals surface area contributed by atoms with Crippen molar-refractivity contribution >= 4 is 12.0 Å². The third kappa shape index (κ3) is 4.09. The van der Waals surface area contributed by atoms with Gasteiger partial charge in [-0.15, -0.1) is 0 Å². The van der Waals surface area contributed by atoms with Gasteiger partial charge in [0.1, 0.15) is 0 Å². The molecular weight excluding hydrogens is 352 g/mol. The Morgan fingerprint density at radius 2 is 1.64 bits per heavy atom. The fourth-order valence-electron chi connectivity index (χ4n) is 4.13. The van der Waals surface area contributed by atoms with E-state index in [4.69, 9.17) is 5.73 Å². The number of anilines is 1. The molecule has 4 rings (SSSR count). The monoisotopic (exact) mass is 380 g/mol. The molecule has 0 atom stereocenters. The quantitative estimate of drug-likeness (QED) is 0.882. The SMILES string of the molecule is NCc1cccc(C2CCN(C(=O)N3CCN(c4ncccn4)CC3)CC2)c1. The summed E-state index contributed by atoms with van der Waals surface area (Å²) in [5.41, 5.74) is 8.30. The van der Waals surface area contributed by atoms with E-state index in [1.807, 2.05) is 15.9 Å². The summed E-state index contributed by atoms with van der Waals surface area (Å²) in [7, 11) is 0. The molecule has 0 saturated carbocycles. The predicted molar refractivity (Wildman–Crippen MR) is 109 cm³/mol. The Kier molecular flexibility index (Phi) is 5.71. The van der Waals surface area contributed by atoms with E-state index in [1.165, 1.54) is 11.1 Å². The van der Waals surface area contributed by atoms with Crippen LogP contribution in [0.5, 0.6) is 0 Å². The summed E-state index contributed by atoms with van der Waals surface area (Å²) in [5, 5.41) is 0. The van der Waals surface area contributed by atoms with Crippen molar-refractivity contribution in [1.82, 2.24) is 19.8 Å². The first-order valence-corrected chi connectivity index (χ1v) is 10.1. The number of aromatic nitrogens is 2. The maximum absolute atomic E-state index is 12.9. The Morgan fingerprint density at radius 1 is 0.964 bits per heavy atom. The summed E-state index contributed by atoms with van der Waals surface area (Å²) >= 11 is 0. The van der Waals surface area contributed by atoms with E-state index >= 15 is 0 Å². The largest absolute Gasteiger partial charge is 0.337 e. The number of nitrogens with zero attached hydrogens (tertiary/aromatic N) is 5. The normalized spacial score (nSPS) is 18.4. The smallest absolute Gasteiger partial charge is 0.320 e. The van der Waals surface area contributed by atoms with Crippen LogP contribution in [0.3, 0.4) is 0 Å². The number of benzene rings is 1. The summed E-state index contributed by atoms with van der Waals surface area (Å²) in [5.74, 6) is 1.26. The first kappa shape index (κ1) is 18.7. The number of carbonyl (C=O) groups excluding carboxylic acids is 1. The van der Waals surface area contributed by atoms with E-state index < -0.39 is 0 Å². The van der Waals surface area contributed by atoms with Gasteiger partial charge < -0.3 is 20.4 Å². The lowest BCUT2D eigenvalue weighted by atomic mass is 9.88. The summed E-state index contributed by atoms with van der Waals surface area (Å²) < 4.78 is 0. The minimum atomic E-state index is 0.169. The molecule has 7 nitrogen and oxygen atoms in total. The lowest BCUT2D eigenvalue weighted by Crippen LogP contribution is -2.54. The number of piperidine rings is 1. The fourth-order valence-corrected chi connectivity index (χ4v) is 4.13. The molecule has 28 heavy (non-hydrogen) atoms. The molecule has 1 aromatic heterocycles. The average molecular weight is 380 g/mol. The van der Waals surface area contributed by atoms with E-state index in [2.05, 4.69) is 39.1 Å². The molecule has 0 radical (unpaired) electrons. The van der Waals surface area contributed by atoms with Gasteiger partial charge in [0, 0.05) is 58.2 Å². The number of carbonyl (C=O) groups is 1. The summed E-state index contributed by atoms with van der Waals surface area (Å²) in [4.78, 5) is 27.7. The Balaban J connectivity index is 1.28. The van der Waals surface area contributed by atoms with Gasteiger partial charge in [0.05, 0.1) is 0 Å². The summed E-state index contributed by atoms with van der Waals surface area (Å²) in [6.07, 6.45) is 5.54. The number of likely N-dealkylation sites (tertiary alicyclic amines) is 1. The lowest BCUT2D eigenvalue weighted by Gasteiger charge is -2.39. The molecule has 0 spiro atoms. The highest BCUT2D eigenvalue weighted by molar-refractivity contribution is 5.75. The number of nitrogens with two attached hydrogens (primary N) is 1. The second-order valence-corrected chi connectivity index (χ2v) is 7.52. The Morgan fingerprint density at radius 3 is 2.32 bits per heavy atom. The molecule has 2 fully saturated rings. The molecule has 7 heteroatoms. The standard InChI is InChI=1S/C21H28N6O/c22-16-17-3-1-4-19(15-17)18-5-9-26(10-6-18)21(28)27-13-11-25(12-14-27)20-23-7-2-8-24-20/h1-4,7-8,15,18H,5-6,9-14,16,22H2. The van der Waals surface area contributed by atoms with Gasteiger partial charge in [-0.2, -0.15) is 0 Å². The van der Waals surface area contributed by atoms with E-state index in [0.717, 1.165) is 58.1 Å². The van der Waals surface area contributed by atoms with Gasteiger partial charge >= 0.3 is 6.03 Å². The van der Waals surface area contributed by atoms with Crippen LogP contribution in [-0.4, -0.2) is 65.1 Å². The van der Waals surface area contributed by atoms with E-state index in [-0.39, 0.29) is 6.03 Å². The molecule has 2 aromatic rings. The minimum Gasteiger partial charge on any atom is -0.337 e. The summed E-state index contributed by atoms with van der Waals surface area (Å²) in [6.45, 7) is 5.20. The van der Waals surface area contributed by atoms with Crippen LogP contribution in [0, 0.1) is 0 Å². The van der Waals surface area contributed by atoms with Crippen LogP contribution < -0.4 is 10.6 Å². The average Bonchev–Trinajstić information content (AvgIpc) is 2.79. The van der Waals surface area contributed by atoms with Crippen LogP contribution in [0.1, 0.15) is 29.9 Å². The molecule has 3 heterocycles. The molecule has 2 saturated heterocycles. The number of urea groups is 1. The number of piperazine rings is 1. The van der Waals surface area contributed by atoms with Crippen molar-refractivity contribution in [2.45, 2.75) is 25.3 Å². The third-order valence-corrected chi connectivity index (χ3v) is 5.81. The highest BCUT2D eigenvalue weighted by atomic mass is 16.2. The lowest BCUT2D eigenvalue weighted by molar-refractivity contribution is 0.137. The molecule has 0 aliphatic carbocycles. The van der Waals surface area contributed by atoms with Crippen LogP contribution in [0.2, 0.25) is 0 Å². The first-order valence-electron chi connectivity index (χ1n) is 10.1. The Labute approximate surface area is 166 Å². The third-order valence-electron chi connectivity index (χ3n) is 5.81. The van der Waals surface area contributed by atoms with Gasteiger partial charge in [-0.3, -0.25) is 0 Å². The Bertz CT molecular complexity index is 782.